The number of benzene rings is 2. The number of phenols is 2. The van der Waals surface area contributed by atoms with Crippen LogP contribution in [0, 0.1) is 0 Å². The van der Waals surface area contributed by atoms with Crippen molar-refractivity contribution in [1.82, 2.24) is 0 Å². The van der Waals surface area contributed by atoms with Crippen molar-refractivity contribution in [3.8, 4) is 17.2 Å². The van der Waals surface area contributed by atoms with E-state index in [1.54, 1.807) is 19.1 Å². The monoisotopic (exact) mass is 370 g/mol. The molecule has 0 radical (unpaired) electrons. The molecule has 0 bridgehead atoms. The molecule has 1 unspecified atom stereocenters. The average molecular weight is 370 g/mol. The van der Waals surface area contributed by atoms with Gasteiger partial charge in [-0.2, -0.15) is 0 Å². The number of aliphatic hydroxyl groups is 2. The van der Waals surface area contributed by atoms with Crippen LogP contribution >= 0.6 is 7.82 Å². The summed E-state index contributed by atoms with van der Waals surface area (Å²) in [7, 11) is -4.97. The van der Waals surface area contributed by atoms with Crippen LogP contribution in [0.4, 0.5) is 0 Å². The number of hydrogen-bond acceptors (Lipinski definition) is 6. The van der Waals surface area contributed by atoms with Crippen LogP contribution in [0.1, 0.15) is 30.4 Å². The van der Waals surface area contributed by atoms with Gasteiger partial charge >= 0.3 is 7.82 Å². The molecule has 136 valence electrons. The lowest BCUT2D eigenvalue weighted by Crippen LogP contribution is -2.28. The number of phosphoric acid groups is 1. The molecule has 0 spiro atoms. The molecule has 25 heavy (non-hydrogen) atoms. The summed E-state index contributed by atoms with van der Waals surface area (Å²) in [5, 5.41) is 40.4. The van der Waals surface area contributed by atoms with Crippen LogP contribution in [-0.4, -0.2) is 30.2 Å². The second-order valence-electron chi connectivity index (χ2n) is 5.75. The molecule has 0 aromatic heterocycles. The van der Waals surface area contributed by atoms with Gasteiger partial charge in [-0.25, -0.2) is 4.57 Å². The molecule has 0 saturated carbocycles. The van der Waals surface area contributed by atoms with Crippen LogP contribution in [0.5, 0.6) is 17.2 Å². The van der Waals surface area contributed by atoms with Gasteiger partial charge in [0, 0.05) is 6.42 Å². The first-order chi connectivity index (χ1) is 11.5. The van der Waals surface area contributed by atoms with Crippen molar-refractivity contribution < 1.29 is 39.3 Å². The fourth-order valence-corrected chi connectivity index (χ4v) is 3.01. The summed E-state index contributed by atoms with van der Waals surface area (Å²) >= 11 is 0. The summed E-state index contributed by atoms with van der Waals surface area (Å²) in [4.78, 5) is 17.9. The maximum atomic E-state index is 11.1. The van der Waals surface area contributed by atoms with E-state index >= 15 is 0 Å². The lowest BCUT2D eigenvalue weighted by atomic mass is 9.89. The Morgan fingerprint density at radius 1 is 1.12 bits per heavy atom. The van der Waals surface area contributed by atoms with Crippen LogP contribution in [0.15, 0.2) is 42.5 Å². The third-order valence-corrected chi connectivity index (χ3v) is 4.09. The molecule has 8 nitrogen and oxygen atoms in total. The summed E-state index contributed by atoms with van der Waals surface area (Å²) in [5.74, 6) is -4.22. The van der Waals surface area contributed by atoms with E-state index in [1.165, 1.54) is 18.2 Å². The summed E-state index contributed by atoms with van der Waals surface area (Å²) < 4.78 is 15.5. The molecular weight excluding hydrogens is 351 g/mol. The number of rotatable bonds is 6. The normalized spacial score (nSPS) is 13.5. The van der Waals surface area contributed by atoms with Gasteiger partial charge in [0.15, 0.2) is 5.79 Å². The van der Waals surface area contributed by atoms with Crippen LogP contribution in [-0.2, 0) is 10.4 Å². The molecule has 6 N–H and O–H groups in total. The van der Waals surface area contributed by atoms with Crippen LogP contribution in [0.25, 0.3) is 0 Å². The van der Waals surface area contributed by atoms with Gasteiger partial charge in [0.2, 0.25) is 0 Å². The first-order valence-electron chi connectivity index (χ1n) is 7.31. The van der Waals surface area contributed by atoms with E-state index in [2.05, 4.69) is 4.52 Å². The Kier molecular flexibility index (Phi) is 5.41. The van der Waals surface area contributed by atoms with E-state index in [-0.39, 0.29) is 12.2 Å². The van der Waals surface area contributed by atoms with Crippen LogP contribution in [0.3, 0.4) is 0 Å². The van der Waals surface area contributed by atoms with E-state index in [0.717, 1.165) is 12.1 Å². The van der Waals surface area contributed by atoms with Crippen molar-refractivity contribution in [3.63, 3.8) is 0 Å². The topological polar surface area (TPSA) is 148 Å². The maximum absolute atomic E-state index is 11.1. The zero-order valence-corrected chi connectivity index (χ0v) is 14.2. The van der Waals surface area contributed by atoms with Gasteiger partial charge in [0.1, 0.15) is 17.2 Å². The van der Waals surface area contributed by atoms with E-state index in [1.807, 2.05) is 0 Å². The molecule has 2 aromatic rings. The Balaban J connectivity index is 2.37. The Labute approximate surface area is 143 Å². The quantitative estimate of drug-likeness (QED) is 0.334. The Bertz CT molecular complexity index is 798. The molecule has 0 aliphatic rings. The largest absolute Gasteiger partial charge is 0.524 e. The average Bonchev–Trinajstić information content (AvgIpc) is 2.44. The third-order valence-electron chi connectivity index (χ3n) is 3.65. The smallest absolute Gasteiger partial charge is 0.508 e. The van der Waals surface area contributed by atoms with Gasteiger partial charge in [-0.05, 0) is 35.7 Å². The highest BCUT2D eigenvalue weighted by molar-refractivity contribution is 7.46. The number of hydrogen-bond donors (Lipinski definition) is 6. The minimum atomic E-state index is -4.97. The minimum absolute atomic E-state index is 0.0129. The van der Waals surface area contributed by atoms with E-state index in [0.29, 0.717) is 5.56 Å². The van der Waals surface area contributed by atoms with E-state index in [4.69, 9.17) is 9.79 Å². The van der Waals surface area contributed by atoms with Gasteiger partial charge in [-0.1, -0.05) is 25.1 Å². The molecular formula is C16H19O8P. The van der Waals surface area contributed by atoms with E-state index < -0.39 is 36.6 Å². The maximum Gasteiger partial charge on any atom is 0.524 e. The highest BCUT2D eigenvalue weighted by Gasteiger charge is 2.36. The molecule has 2 aromatic carbocycles. The predicted octanol–water partition coefficient (Wildman–Crippen LogP) is 1.90. The van der Waals surface area contributed by atoms with Crippen molar-refractivity contribution >= 4 is 7.82 Å². The highest BCUT2D eigenvalue weighted by Crippen LogP contribution is 2.46. The number of phenolic OH excluding ortho intramolecular Hbond substituents is 2. The van der Waals surface area contributed by atoms with Crippen molar-refractivity contribution in [2.75, 3.05) is 0 Å². The number of aromatic hydroxyl groups is 2. The van der Waals surface area contributed by atoms with Crippen molar-refractivity contribution in [2.45, 2.75) is 25.0 Å². The molecule has 0 saturated heterocycles. The van der Waals surface area contributed by atoms with E-state index in [9.17, 15) is 25.0 Å². The van der Waals surface area contributed by atoms with Gasteiger partial charge in [0.05, 0.1) is 5.56 Å². The summed E-state index contributed by atoms with van der Waals surface area (Å²) in [5.41, 5.74) is 0.0608. The van der Waals surface area contributed by atoms with Crippen molar-refractivity contribution in [1.29, 1.82) is 0 Å². The van der Waals surface area contributed by atoms with Crippen LogP contribution in [0.2, 0.25) is 0 Å². The van der Waals surface area contributed by atoms with Gasteiger partial charge in [-0.3, -0.25) is 9.79 Å². The lowest BCUT2D eigenvalue weighted by Gasteiger charge is -2.28. The fraction of sp³-hybridized carbons (Fsp3) is 0.250. The summed E-state index contributed by atoms with van der Waals surface area (Å²) in [6.07, 6.45) is -0.328. The summed E-state index contributed by atoms with van der Waals surface area (Å²) in [6, 6.07) is 9.70. The zero-order valence-electron chi connectivity index (χ0n) is 13.3. The first-order valence-corrected chi connectivity index (χ1v) is 8.84. The minimum Gasteiger partial charge on any atom is -0.508 e. The molecule has 0 aliphatic carbocycles. The number of phosphoric ester groups is 1. The highest BCUT2D eigenvalue weighted by atomic mass is 31.2. The standard InChI is InChI=1S/C16H19O8P/c1-10(11-4-2-5-12(17)8-11)9-16(19,20)15-13(18)6-3-7-14(15)24-25(21,22)23/h2-8,10,17-20H,9H2,1H3,(H2,21,22,23). The third kappa shape index (κ3) is 4.94. The zero-order chi connectivity index (χ0) is 18.8. The summed E-state index contributed by atoms with van der Waals surface area (Å²) in [6.45, 7) is 1.67. The Hall–Kier alpha value is -2.09. The molecule has 0 amide bonds. The van der Waals surface area contributed by atoms with Gasteiger partial charge in [-0.15, -0.1) is 0 Å². The fourth-order valence-electron chi connectivity index (χ4n) is 2.60. The first kappa shape index (κ1) is 19.2. The van der Waals surface area contributed by atoms with Gasteiger partial charge < -0.3 is 24.9 Å². The second-order valence-corrected chi connectivity index (χ2v) is 6.91. The molecule has 0 aliphatic heterocycles. The molecule has 9 heteroatoms. The molecule has 2 rings (SSSR count). The van der Waals surface area contributed by atoms with Crippen LogP contribution < -0.4 is 4.52 Å². The Morgan fingerprint density at radius 2 is 1.76 bits per heavy atom. The lowest BCUT2D eigenvalue weighted by molar-refractivity contribution is -0.178. The molecule has 0 fully saturated rings. The predicted molar refractivity (Wildman–Crippen MR) is 88.0 cm³/mol. The SMILES string of the molecule is CC(CC(O)(O)c1c(O)cccc1OP(=O)(O)O)c1cccc(O)c1. The second kappa shape index (κ2) is 7.03. The Morgan fingerprint density at radius 3 is 2.36 bits per heavy atom. The molecule has 1 atom stereocenters. The molecule has 0 heterocycles. The van der Waals surface area contributed by atoms with Crippen molar-refractivity contribution in [2.24, 2.45) is 0 Å². The van der Waals surface area contributed by atoms with Gasteiger partial charge in [0.25, 0.3) is 0 Å². The van der Waals surface area contributed by atoms with Crippen molar-refractivity contribution in [3.05, 3.63) is 53.6 Å².